The summed E-state index contributed by atoms with van der Waals surface area (Å²) in [6.45, 7) is 4.06. The summed E-state index contributed by atoms with van der Waals surface area (Å²) >= 11 is 0. The smallest absolute Gasteiger partial charge is 0.254 e. The molecule has 0 aliphatic carbocycles. The molecule has 0 radical (unpaired) electrons. The first-order valence-corrected chi connectivity index (χ1v) is 9.69. The van der Waals surface area contributed by atoms with Gasteiger partial charge in [0.1, 0.15) is 18.4 Å². The van der Waals surface area contributed by atoms with E-state index < -0.39 is 0 Å². The first-order chi connectivity index (χ1) is 13.7. The Hall–Kier alpha value is -3.15. The lowest BCUT2D eigenvalue weighted by atomic mass is 10.0. The summed E-state index contributed by atoms with van der Waals surface area (Å²) in [5.41, 5.74) is 2.98. The van der Waals surface area contributed by atoms with Crippen LogP contribution in [0.4, 0.5) is 0 Å². The Kier molecular flexibility index (Phi) is 5.37. The molecule has 0 bridgehead atoms. The Morgan fingerprint density at radius 3 is 2.61 bits per heavy atom. The molecule has 2 aromatic carbocycles. The predicted molar refractivity (Wildman–Crippen MR) is 106 cm³/mol. The van der Waals surface area contributed by atoms with Crippen LogP contribution >= 0.6 is 0 Å². The van der Waals surface area contributed by atoms with Gasteiger partial charge in [0.15, 0.2) is 0 Å². The molecule has 0 spiro atoms. The number of hydrogen-bond acceptors (Lipinski definition) is 4. The van der Waals surface area contributed by atoms with E-state index in [-0.39, 0.29) is 11.9 Å². The van der Waals surface area contributed by atoms with Crippen LogP contribution in [0.15, 0.2) is 61.2 Å². The summed E-state index contributed by atoms with van der Waals surface area (Å²) < 4.78 is 7.29. The minimum absolute atomic E-state index is 0.0868. The van der Waals surface area contributed by atoms with Crippen molar-refractivity contribution in [3.63, 3.8) is 0 Å². The van der Waals surface area contributed by atoms with Crippen LogP contribution < -0.4 is 4.74 Å². The molecule has 1 fully saturated rings. The molecule has 2 heterocycles. The number of likely N-dealkylation sites (tertiary alicyclic amines) is 1. The van der Waals surface area contributed by atoms with Crippen molar-refractivity contribution < 1.29 is 9.53 Å². The largest absolute Gasteiger partial charge is 0.494 e. The van der Waals surface area contributed by atoms with Gasteiger partial charge in [-0.2, -0.15) is 5.10 Å². The fraction of sp³-hybridized carbons (Fsp3) is 0.318. The monoisotopic (exact) mass is 376 g/mol. The van der Waals surface area contributed by atoms with Crippen molar-refractivity contribution in [2.45, 2.75) is 32.4 Å². The number of carbonyl (C=O) groups is 1. The second-order valence-corrected chi connectivity index (χ2v) is 6.95. The number of carbonyl (C=O) groups excluding carboxylic acids is 1. The highest BCUT2D eigenvalue weighted by molar-refractivity contribution is 5.94. The predicted octanol–water partition coefficient (Wildman–Crippen LogP) is 3.70. The second kappa shape index (κ2) is 8.25. The van der Waals surface area contributed by atoms with E-state index in [1.807, 2.05) is 48.2 Å². The quantitative estimate of drug-likeness (QED) is 0.658. The van der Waals surface area contributed by atoms with Gasteiger partial charge >= 0.3 is 0 Å². The van der Waals surface area contributed by atoms with Gasteiger partial charge in [0, 0.05) is 12.1 Å². The summed E-state index contributed by atoms with van der Waals surface area (Å²) in [6, 6.07) is 16.0. The molecule has 1 aliphatic rings. The Morgan fingerprint density at radius 2 is 1.93 bits per heavy atom. The van der Waals surface area contributed by atoms with Crippen LogP contribution in [0.5, 0.6) is 5.75 Å². The third kappa shape index (κ3) is 3.91. The van der Waals surface area contributed by atoms with Crippen molar-refractivity contribution in [3.05, 3.63) is 77.9 Å². The molecule has 1 aromatic heterocycles. The van der Waals surface area contributed by atoms with Gasteiger partial charge in [-0.3, -0.25) is 4.79 Å². The van der Waals surface area contributed by atoms with E-state index in [4.69, 9.17) is 4.74 Å². The topological polar surface area (TPSA) is 60.2 Å². The lowest BCUT2D eigenvalue weighted by Crippen LogP contribution is -2.30. The minimum atomic E-state index is 0.0868. The van der Waals surface area contributed by atoms with E-state index in [9.17, 15) is 4.79 Å². The van der Waals surface area contributed by atoms with Gasteiger partial charge < -0.3 is 9.64 Å². The SMILES string of the molecule is CCOc1ccc(C2CCCN2C(=O)c2ccc(Cn3cncn3)cc2)cc1. The molecular weight excluding hydrogens is 352 g/mol. The second-order valence-electron chi connectivity index (χ2n) is 6.95. The fourth-order valence-corrected chi connectivity index (χ4v) is 3.73. The molecule has 1 amide bonds. The van der Waals surface area contributed by atoms with Gasteiger partial charge in [0.05, 0.1) is 19.2 Å². The van der Waals surface area contributed by atoms with Crippen LogP contribution in [0.3, 0.4) is 0 Å². The molecule has 144 valence electrons. The lowest BCUT2D eigenvalue weighted by molar-refractivity contribution is 0.0735. The highest BCUT2D eigenvalue weighted by Gasteiger charge is 2.30. The first kappa shape index (κ1) is 18.2. The molecule has 4 rings (SSSR count). The maximum atomic E-state index is 13.1. The van der Waals surface area contributed by atoms with Crippen LogP contribution in [0.1, 0.15) is 47.3 Å². The summed E-state index contributed by atoms with van der Waals surface area (Å²) in [6.07, 6.45) is 5.22. The molecule has 1 aliphatic heterocycles. The van der Waals surface area contributed by atoms with Crippen LogP contribution in [-0.4, -0.2) is 38.7 Å². The van der Waals surface area contributed by atoms with Crippen molar-refractivity contribution in [2.24, 2.45) is 0 Å². The zero-order valence-corrected chi connectivity index (χ0v) is 16.0. The Morgan fingerprint density at radius 1 is 1.14 bits per heavy atom. The zero-order valence-electron chi connectivity index (χ0n) is 16.0. The van der Waals surface area contributed by atoms with E-state index in [0.717, 1.165) is 41.8 Å². The van der Waals surface area contributed by atoms with Crippen molar-refractivity contribution in [3.8, 4) is 5.75 Å². The van der Waals surface area contributed by atoms with E-state index in [1.165, 1.54) is 6.33 Å². The molecule has 1 saturated heterocycles. The van der Waals surface area contributed by atoms with Gasteiger partial charge in [-0.05, 0) is 55.2 Å². The van der Waals surface area contributed by atoms with Gasteiger partial charge in [-0.1, -0.05) is 24.3 Å². The summed E-state index contributed by atoms with van der Waals surface area (Å²) in [5, 5.41) is 4.11. The fourth-order valence-electron chi connectivity index (χ4n) is 3.73. The summed E-state index contributed by atoms with van der Waals surface area (Å²) in [4.78, 5) is 19.0. The Bertz CT molecular complexity index is 905. The standard InChI is InChI=1S/C22H24N4O2/c1-2-28-20-11-9-18(10-12-20)21-4-3-13-26(21)22(27)19-7-5-17(6-8-19)14-25-16-23-15-24-25/h5-12,15-16,21H,2-4,13-14H2,1H3. The molecule has 0 N–H and O–H groups in total. The third-order valence-corrected chi connectivity index (χ3v) is 5.10. The molecule has 6 nitrogen and oxygen atoms in total. The van der Waals surface area contributed by atoms with Crippen LogP contribution in [-0.2, 0) is 6.54 Å². The van der Waals surface area contributed by atoms with Crippen molar-refractivity contribution in [1.29, 1.82) is 0 Å². The van der Waals surface area contributed by atoms with Crippen molar-refractivity contribution in [1.82, 2.24) is 19.7 Å². The highest BCUT2D eigenvalue weighted by atomic mass is 16.5. The maximum absolute atomic E-state index is 13.1. The summed E-state index contributed by atoms with van der Waals surface area (Å²) in [5.74, 6) is 0.953. The molecule has 6 heteroatoms. The number of amides is 1. The molecule has 1 unspecified atom stereocenters. The van der Waals surface area contributed by atoms with Crippen molar-refractivity contribution >= 4 is 5.91 Å². The molecule has 1 atom stereocenters. The van der Waals surface area contributed by atoms with Crippen LogP contribution in [0.25, 0.3) is 0 Å². The number of nitrogens with zero attached hydrogens (tertiary/aromatic N) is 4. The molecular formula is C22H24N4O2. The van der Waals surface area contributed by atoms with E-state index in [1.54, 1.807) is 11.0 Å². The number of benzene rings is 2. The van der Waals surface area contributed by atoms with Crippen LogP contribution in [0, 0.1) is 0 Å². The van der Waals surface area contributed by atoms with Gasteiger partial charge in [-0.25, -0.2) is 9.67 Å². The van der Waals surface area contributed by atoms with E-state index >= 15 is 0 Å². The van der Waals surface area contributed by atoms with E-state index in [2.05, 4.69) is 22.2 Å². The number of ether oxygens (including phenoxy) is 1. The molecule has 3 aromatic rings. The minimum Gasteiger partial charge on any atom is -0.494 e. The van der Waals surface area contributed by atoms with Crippen molar-refractivity contribution in [2.75, 3.05) is 13.2 Å². The maximum Gasteiger partial charge on any atom is 0.254 e. The zero-order chi connectivity index (χ0) is 19.3. The highest BCUT2D eigenvalue weighted by Crippen LogP contribution is 2.34. The summed E-state index contributed by atoms with van der Waals surface area (Å²) in [7, 11) is 0. The molecule has 0 saturated carbocycles. The van der Waals surface area contributed by atoms with Gasteiger partial charge in [0.25, 0.3) is 5.91 Å². The Labute approximate surface area is 164 Å². The van der Waals surface area contributed by atoms with Gasteiger partial charge in [0.2, 0.25) is 0 Å². The van der Waals surface area contributed by atoms with Crippen LogP contribution in [0.2, 0.25) is 0 Å². The first-order valence-electron chi connectivity index (χ1n) is 9.69. The number of aromatic nitrogens is 3. The average molecular weight is 376 g/mol. The normalized spacial score (nSPS) is 16.3. The number of hydrogen-bond donors (Lipinski definition) is 0. The van der Waals surface area contributed by atoms with Gasteiger partial charge in [-0.15, -0.1) is 0 Å². The Balaban J connectivity index is 1.47. The van der Waals surface area contributed by atoms with E-state index in [0.29, 0.717) is 13.2 Å². The third-order valence-electron chi connectivity index (χ3n) is 5.10. The lowest BCUT2D eigenvalue weighted by Gasteiger charge is -2.25. The average Bonchev–Trinajstić information content (AvgIpc) is 3.41. The number of rotatable bonds is 6. The molecule has 28 heavy (non-hydrogen) atoms.